The van der Waals surface area contributed by atoms with E-state index >= 15 is 0 Å². The molecule has 2 heterocycles. The number of hydrogen-bond acceptors (Lipinski definition) is 3. The third-order valence-corrected chi connectivity index (χ3v) is 2.01. The first kappa shape index (κ1) is 9.33. The van der Waals surface area contributed by atoms with Crippen LogP contribution < -0.4 is 5.32 Å². The molecule has 74 valence electrons. The number of imide groups is 1. The van der Waals surface area contributed by atoms with Gasteiger partial charge in [0.15, 0.2) is 0 Å². The average molecular weight is 200 g/mol. The maximum Gasteiger partial charge on any atom is 0.260 e. The van der Waals surface area contributed by atoms with Crippen molar-refractivity contribution in [3.63, 3.8) is 0 Å². The topological polar surface area (TPSA) is 59.1 Å². The zero-order chi connectivity index (χ0) is 10.8. The Morgan fingerprint density at radius 2 is 2.13 bits per heavy atom. The van der Waals surface area contributed by atoms with Gasteiger partial charge in [-0.1, -0.05) is 12.6 Å². The number of aromatic nitrogens is 1. The largest absolute Gasteiger partial charge is 0.289 e. The number of pyridine rings is 1. The predicted octanol–water partition coefficient (Wildman–Crippen LogP) is 0.764. The van der Waals surface area contributed by atoms with E-state index in [0.717, 1.165) is 0 Å². The van der Waals surface area contributed by atoms with Crippen LogP contribution in [-0.4, -0.2) is 16.8 Å². The van der Waals surface area contributed by atoms with Crippen molar-refractivity contribution in [2.24, 2.45) is 0 Å². The lowest BCUT2D eigenvalue weighted by Crippen LogP contribution is -2.21. The van der Waals surface area contributed by atoms with Gasteiger partial charge in [0.1, 0.15) is 0 Å². The van der Waals surface area contributed by atoms with Gasteiger partial charge in [-0.15, -0.1) is 0 Å². The zero-order valence-corrected chi connectivity index (χ0v) is 7.86. The first-order valence-electron chi connectivity index (χ1n) is 4.37. The summed E-state index contributed by atoms with van der Waals surface area (Å²) in [6, 6.07) is 5.21. The van der Waals surface area contributed by atoms with Crippen LogP contribution in [0.5, 0.6) is 0 Å². The van der Waals surface area contributed by atoms with Crippen LogP contribution >= 0.6 is 0 Å². The Morgan fingerprint density at radius 1 is 1.33 bits per heavy atom. The molecule has 0 saturated carbocycles. The van der Waals surface area contributed by atoms with Crippen molar-refractivity contribution in [3.8, 4) is 0 Å². The molecule has 0 unspecified atom stereocenters. The van der Waals surface area contributed by atoms with Gasteiger partial charge >= 0.3 is 0 Å². The van der Waals surface area contributed by atoms with Crippen molar-refractivity contribution in [2.75, 3.05) is 0 Å². The lowest BCUT2D eigenvalue weighted by Gasteiger charge is -2.00. The average Bonchev–Trinajstić information content (AvgIpc) is 2.58. The molecule has 1 aliphatic heterocycles. The number of nitrogens with one attached hydrogen (secondary N) is 1. The van der Waals surface area contributed by atoms with Crippen LogP contribution in [0.15, 0.2) is 30.9 Å². The molecule has 1 aromatic heterocycles. The van der Waals surface area contributed by atoms with Crippen LogP contribution in [0.3, 0.4) is 0 Å². The van der Waals surface area contributed by atoms with E-state index in [0.29, 0.717) is 17.0 Å². The Hall–Kier alpha value is -2.23. The highest BCUT2D eigenvalue weighted by Crippen LogP contribution is 2.16. The number of amides is 2. The van der Waals surface area contributed by atoms with Gasteiger partial charge < -0.3 is 0 Å². The molecule has 1 N–H and O–H groups in total. The SMILES string of the molecule is C=Cc1cccc(C2=CC(=O)NC2=O)n1. The molecule has 2 amide bonds. The van der Waals surface area contributed by atoms with Crippen LogP contribution in [0.4, 0.5) is 0 Å². The number of rotatable bonds is 2. The first-order chi connectivity index (χ1) is 7.20. The predicted molar refractivity (Wildman–Crippen MR) is 55.5 cm³/mol. The van der Waals surface area contributed by atoms with Crippen molar-refractivity contribution in [3.05, 3.63) is 42.2 Å². The minimum atomic E-state index is -0.409. The Bertz CT molecular complexity index is 489. The summed E-state index contributed by atoms with van der Waals surface area (Å²) < 4.78 is 0. The molecule has 0 aliphatic carbocycles. The standard InChI is InChI=1S/C11H8N2O2/c1-2-7-4-3-5-9(12-7)8-6-10(14)13-11(8)15/h2-6H,1H2,(H,13,14,15). The van der Waals surface area contributed by atoms with E-state index in [4.69, 9.17) is 0 Å². The summed E-state index contributed by atoms with van der Waals surface area (Å²) in [5.41, 5.74) is 1.44. The maximum absolute atomic E-state index is 11.3. The highest BCUT2D eigenvalue weighted by molar-refractivity contribution is 6.33. The molecule has 0 saturated heterocycles. The molecule has 15 heavy (non-hydrogen) atoms. The smallest absolute Gasteiger partial charge is 0.260 e. The molecule has 1 aromatic rings. The third kappa shape index (κ3) is 1.69. The summed E-state index contributed by atoms with van der Waals surface area (Å²) in [6.07, 6.45) is 2.83. The van der Waals surface area contributed by atoms with E-state index in [1.165, 1.54) is 6.08 Å². The molecular formula is C11H8N2O2. The minimum absolute atomic E-state index is 0.295. The molecule has 1 aliphatic rings. The van der Waals surface area contributed by atoms with E-state index in [9.17, 15) is 9.59 Å². The minimum Gasteiger partial charge on any atom is -0.289 e. The highest BCUT2D eigenvalue weighted by Gasteiger charge is 2.22. The molecule has 2 rings (SSSR count). The van der Waals surface area contributed by atoms with E-state index in [-0.39, 0.29) is 0 Å². The molecule has 0 bridgehead atoms. The summed E-state index contributed by atoms with van der Waals surface area (Å²) >= 11 is 0. The van der Waals surface area contributed by atoms with Crippen molar-refractivity contribution >= 4 is 23.5 Å². The lowest BCUT2D eigenvalue weighted by molar-refractivity contribution is -0.123. The summed E-state index contributed by atoms with van der Waals surface area (Å²) in [7, 11) is 0. The van der Waals surface area contributed by atoms with Crippen LogP contribution in [0.1, 0.15) is 11.4 Å². The van der Waals surface area contributed by atoms with Crippen LogP contribution in [0, 0.1) is 0 Å². The molecular weight excluding hydrogens is 192 g/mol. The number of carbonyl (C=O) groups is 2. The zero-order valence-electron chi connectivity index (χ0n) is 7.86. The second-order valence-electron chi connectivity index (χ2n) is 3.03. The van der Waals surface area contributed by atoms with E-state index < -0.39 is 11.8 Å². The van der Waals surface area contributed by atoms with Gasteiger partial charge in [-0.05, 0) is 18.2 Å². The van der Waals surface area contributed by atoms with Crippen molar-refractivity contribution in [2.45, 2.75) is 0 Å². The second kappa shape index (κ2) is 3.49. The molecule has 0 radical (unpaired) electrons. The molecule has 0 aromatic carbocycles. The Labute approximate surface area is 86.3 Å². The lowest BCUT2D eigenvalue weighted by atomic mass is 10.1. The molecule has 0 spiro atoms. The Kier molecular flexibility index (Phi) is 2.17. The second-order valence-corrected chi connectivity index (χ2v) is 3.03. The molecule has 4 nitrogen and oxygen atoms in total. The fourth-order valence-electron chi connectivity index (χ4n) is 1.32. The van der Waals surface area contributed by atoms with Gasteiger partial charge in [0.05, 0.1) is 17.0 Å². The Balaban J connectivity index is 2.45. The van der Waals surface area contributed by atoms with E-state index in [1.807, 2.05) is 0 Å². The van der Waals surface area contributed by atoms with Gasteiger partial charge in [-0.25, -0.2) is 4.98 Å². The van der Waals surface area contributed by atoms with Gasteiger partial charge in [0.25, 0.3) is 11.8 Å². The highest BCUT2D eigenvalue weighted by atomic mass is 16.2. The number of hydrogen-bond donors (Lipinski definition) is 1. The van der Waals surface area contributed by atoms with Crippen LogP contribution in [-0.2, 0) is 9.59 Å². The van der Waals surface area contributed by atoms with Gasteiger partial charge in [-0.3, -0.25) is 14.9 Å². The summed E-state index contributed by atoms with van der Waals surface area (Å²) in [4.78, 5) is 26.4. The summed E-state index contributed by atoms with van der Waals surface area (Å²) in [5.74, 6) is -0.811. The third-order valence-electron chi connectivity index (χ3n) is 2.01. The fraction of sp³-hybridized carbons (Fsp3) is 0. The fourth-order valence-corrected chi connectivity index (χ4v) is 1.32. The number of carbonyl (C=O) groups excluding carboxylic acids is 2. The molecule has 4 heteroatoms. The van der Waals surface area contributed by atoms with Gasteiger partial charge in [-0.2, -0.15) is 0 Å². The number of nitrogens with zero attached hydrogens (tertiary/aromatic N) is 1. The van der Waals surface area contributed by atoms with Gasteiger partial charge in [0.2, 0.25) is 0 Å². The van der Waals surface area contributed by atoms with Crippen molar-refractivity contribution in [1.82, 2.24) is 10.3 Å². The summed E-state index contributed by atoms with van der Waals surface area (Å²) in [6.45, 7) is 3.58. The summed E-state index contributed by atoms with van der Waals surface area (Å²) in [5, 5.41) is 2.17. The van der Waals surface area contributed by atoms with Crippen molar-refractivity contribution in [1.29, 1.82) is 0 Å². The Morgan fingerprint density at radius 3 is 2.73 bits per heavy atom. The first-order valence-corrected chi connectivity index (χ1v) is 4.37. The normalized spacial score (nSPS) is 14.8. The van der Waals surface area contributed by atoms with E-state index in [1.54, 1.807) is 24.3 Å². The van der Waals surface area contributed by atoms with Gasteiger partial charge in [0, 0.05) is 6.08 Å². The maximum atomic E-state index is 11.3. The monoisotopic (exact) mass is 200 g/mol. The molecule has 0 atom stereocenters. The van der Waals surface area contributed by atoms with Crippen LogP contribution in [0.25, 0.3) is 11.6 Å². The molecule has 0 fully saturated rings. The van der Waals surface area contributed by atoms with Crippen LogP contribution in [0.2, 0.25) is 0 Å². The van der Waals surface area contributed by atoms with Crippen molar-refractivity contribution < 1.29 is 9.59 Å². The quantitative estimate of drug-likeness (QED) is 0.717. The van der Waals surface area contributed by atoms with E-state index in [2.05, 4.69) is 16.9 Å².